The molecule has 0 radical (unpaired) electrons. The molecule has 0 aliphatic carbocycles. The van der Waals surface area contributed by atoms with Crippen LogP contribution in [0.4, 0.5) is 0 Å². The number of hydrogen-bond donors (Lipinski definition) is 1. The number of halogens is 1. The molecule has 0 spiro atoms. The molecule has 0 aromatic heterocycles. The molecular weight excluding hydrogens is 244 g/mol. The highest BCUT2D eigenvalue weighted by Gasteiger charge is 2.21. The van der Waals surface area contributed by atoms with Gasteiger partial charge in [-0.1, -0.05) is 37.6 Å². The number of hydrogen-bond acceptors (Lipinski definition) is 2. The number of nitrogens with one attached hydrogen (secondary N) is 1. The molecule has 1 aliphatic heterocycles. The van der Waals surface area contributed by atoms with Crippen LogP contribution in [0.1, 0.15) is 19.4 Å². The van der Waals surface area contributed by atoms with Gasteiger partial charge in [-0.15, -0.1) is 0 Å². The molecule has 1 N–H and O–H groups in total. The van der Waals surface area contributed by atoms with E-state index in [0.717, 1.165) is 31.1 Å². The van der Waals surface area contributed by atoms with Crippen molar-refractivity contribution in [2.24, 2.45) is 5.92 Å². The summed E-state index contributed by atoms with van der Waals surface area (Å²) in [4.78, 5) is 2.57. The number of benzene rings is 1. The number of nitrogens with zero attached hydrogens (tertiary/aromatic N) is 1. The van der Waals surface area contributed by atoms with Crippen LogP contribution in [0, 0.1) is 5.92 Å². The van der Waals surface area contributed by atoms with Gasteiger partial charge in [-0.05, 0) is 30.0 Å². The van der Waals surface area contributed by atoms with Crippen LogP contribution in [0.3, 0.4) is 0 Å². The van der Waals surface area contributed by atoms with Crippen LogP contribution in [0.15, 0.2) is 24.3 Å². The second kappa shape index (κ2) is 6.55. The maximum absolute atomic E-state index is 5.90. The fourth-order valence-electron chi connectivity index (χ4n) is 2.43. The molecule has 0 bridgehead atoms. The first kappa shape index (κ1) is 13.9. The molecule has 1 aromatic carbocycles. The Bertz CT molecular complexity index is 361. The lowest BCUT2D eigenvalue weighted by atomic mass is 10.0. The summed E-state index contributed by atoms with van der Waals surface area (Å²) in [6.07, 6.45) is 1.11. The minimum atomic E-state index is 0.643. The van der Waals surface area contributed by atoms with E-state index in [9.17, 15) is 0 Å². The minimum absolute atomic E-state index is 0.643. The van der Waals surface area contributed by atoms with Crippen LogP contribution in [0.2, 0.25) is 5.02 Å². The molecular formula is C15H23ClN2. The molecule has 0 amide bonds. The van der Waals surface area contributed by atoms with Gasteiger partial charge in [0, 0.05) is 37.2 Å². The summed E-state index contributed by atoms with van der Waals surface area (Å²) in [7, 11) is 0. The second-order valence-corrected chi connectivity index (χ2v) is 5.92. The van der Waals surface area contributed by atoms with Gasteiger partial charge in [0.1, 0.15) is 0 Å². The zero-order chi connectivity index (χ0) is 13.0. The predicted molar refractivity (Wildman–Crippen MR) is 78.2 cm³/mol. The molecule has 100 valence electrons. The summed E-state index contributed by atoms with van der Waals surface area (Å²) < 4.78 is 0. The first-order valence-corrected chi connectivity index (χ1v) is 7.23. The number of rotatable bonds is 4. The van der Waals surface area contributed by atoms with Gasteiger partial charge in [0.15, 0.2) is 0 Å². The van der Waals surface area contributed by atoms with Crippen molar-refractivity contribution < 1.29 is 0 Å². The zero-order valence-corrected chi connectivity index (χ0v) is 12.1. The Balaban J connectivity index is 1.81. The van der Waals surface area contributed by atoms with E-state index in [4.69, 9.17) is 11.6 Å². The van der Waals surface area contributed by atoms with E-state index < -0.39 is 0 Å². The molecule has 3 heteroatoms. The van der Waals surface area contributed by atoms with E-state index in [1.165, 1.54) is 12.1 Å². The summed E-state index contributed by atoms with van der Waals surface area (Å²) in [5.74, 6) is 0.711. The molecule has 2 rings (SSSR count). The third kappa shape index (κ3) is 3.98. The molecule has 18 heavy (non-hydrogen) atoms. The fourth-order valence-corrected chi connectivity index (χ4v) is 2.56. The first-order valence-electron chi connectivity index (χ1n) is 6.85. The Morgan fingerprint density at radius 1 is 1.33 bits per heavy atom. The van der Waals surface area contributed by atoms with E-state index in [-0.39, 0.29) is 0 Å². The third-order valence-electron chi connectivity index (χ3n) is 3.72. The van der Waals surface area contributed by atoms with Crippen molar-refractivity contribution in [1.82, 2.24) is 10.2 Å². The zero-order valence-electron chi connectivity index (χ0n) is 11.3. The van der Waals surface area contributed by atoms with Crippen LogP contribution in [-0.2, 0) is 6.42 Å². The van der Waals surface area contributed by atoms with Crippen LogP contribution in [0.25, 0.3) is 0 Å². The van der Waals surface area contributed by atoms with E-state index in [0.29, 0.717) is 12.0 Å². The van der Waals surface area contributed by atoms with Gasteiger partial charge in [-0.25, -0.2) is 0 Å². The lowest BCUT2D eigenvalue weighted by Gasteiger charge is -2.35. The van der Waals surface area contributed by atoms with Gasteiger partial charge in [-0.2, -0.15) is 0 Å². The maximum Gasteiger partial charge on any atom is 0.0406 e. The molecule has 0 saturated carbocycles. The predicted octanol–water partition coefficient (Wildman–Crippen LogP) is 2.81. The average Bonchev–Trinajstić information content (AvgIpc) is 2.38. The van der Waals surface area contributed by atoms with Crippen molar-refractivity contribution in [2.45, 2.75) is 26.3 Å². The summed E-state index contributed by atoms with van der Waals surface area (Å²) in [5.41, 5.74) is 1.37. The van der Waals surface area contributed by atoms with Crippen LogP contribution in [0.5, 0.6) is 0 Å². The molecule has 1 atom stereocenters. The van der Waals surface area contributed by atoms with E-state index in [1.807, 2.05) is 12.1 Å². The lowest BCUT2D eigenvalue weighted by Crippen LogP contribution is -2.53. The highest BCUT2D eigenvalue weighted by Crippen LogP contribution is 2.12. The summed E-state index contributed by atoms with van der Waals surface area (Å²) in [6.45, 7) is 9.18. The van der Waals surface area contributed by atoms with Gasteiger partial charge in [0.05, 0.1) is 0 Å². The van der Waals surface area contributed by atoms with Crippen LogP contribution < -0.4 is 5.32 Å². The van der Waals surface area contributed by atoms with Crippen LogP contribution in [-0.4, -0.2) is 37.1 Å². The number of piperazine rings is 1. The highest BCUT2D eigenvalue weighted by molar-refractivity contribution is 6.30. The maximum atomic E-state index is 5.90. The lowest BCUT2D eigenvalue weighted by molar-refractivity contribution is 0.177. The first-order chi connectivity index (χ1) is 8.65. The van der Waals surface area contributed by atoms with E-state index in [2.05, 4.69) is 36.2 Å². The molecule has 1 aromatic rings. The molecule has 1 heterocycles. The Morgan fingerprint density at radius 3 is 2.72 bits per heavy atom. The van der Waals surface area contributed by atoms with Crippen LogP contribution >= 0.6 is 11.6 Å². The minimum Gasteiger partial charge on any atom is -0.311 e. The summed E-state index contributed by atoms with van der Waals surface area (Å²) in [6, 6.07) is 8.86. The van der Waals surface area contributed by atoms with E-state index >= 15 is 0 Å². The Kier molecular flexibility index (Phi) is 5.04. The highest BCUT2D eigenvalue weighted by atomic mass is 35.5. The SMILES string of the molecule is CC(C)C1CN(CCc2ccc(Cl)cc2)CCN1. The van der Waals surface area contributed by atoms with Gasteiger partial charge in [0.2, 0.25) is 0 Å². The van der Waals surface area contributed by atoms with Crippen molar-refractivity contribution in [1.29, 1.82) is 0 Å². The normalized spacial score (nSPS) is 21.4. The average molecular weight is 267 g/mol. The Hall–Kier alpha value is -0.570. The molecule has 1 saturated heterocycles. The van der Waals surface area contributed by atoms with Gasteiger partial charge in [-0.3, -0.25) is 0 Å². The van der Waals surface area contributed by atoms with Crippen molar-refractivity contribution in [2.75, 3.05) is 26.2 Å². The van der Waals surface area contributed by atoms with Crippen molar-refractivity contribution in [3.8, 4) is 0 Å². The summed E-state index contributed by atoms with van der Waals surface area (Å²) in [5, 5.41) is 4.42. The van der Waals surface area contributed by atoms with Gasteiger partial charge < -0.3 is 10.2 Å². The molecule has 1 fully saturated rings. The standard InChI is InChI=1S/C15H23ClN2/c1-12(2)15-11-18(10-8-17-15)9-7-13-3-5-14(16)6-4-13/h3-6,12,15,17H,7-11H2,1-2H3. The Morgan fingerprint density at radius 2 is 2.06 bits per heavy atom. The van der Waals surface area contributed by atoms with E-state index in [1.54, 1.807) is 0 Å². The molecule has 1 unspecified atom stereocenters. The third-order valence-corrected chi connectivity index (χ3v) is 3.98. The quantitative estimate of drug-likeness (QED) is 0.902. The molecule has 1 aliphatic rings. The smallest absolute Gasteiger partial charge is 0.0406 e. The van der Waals surface area contributed by atoms with Crippen molar-refractivity contribution >= 4 is 11.6 Å². The Labute approximate surface area is 115 Å². The van der Waals surface area contributed by atoms with Gasteiger partial charge in [0.25, 0.3) is 0 Å². The topological polar surface area (TPSA) is 15.3 Å². The second-order valence-electron chi connectivity index (χ2n) is 5.48. The molecule has 2 nitrogen and oxygen atoms in total. The van der Waals surface area contributed by atoms with Crippen molar-refractivity contribution in [3.63, 3.8) is 0 Å². The largest absolute Gasteiger partial charge is 0.311 e. The monoisotopic (exact) mass is 266 g/mol. The fraction of sp³-hybridized carbons (Fsp3) is 0.600. The van der Waals surface area contributed by atoms with Gasteiger partial charge >= 0.3 is 0 Å². The van der Waals surface area contributed by atoms with Crippen molar-refractivity contribution in [3.05, 3.63) is 34.9 Å². The summed E-state index contributed by atoms with van der Waals surface area (Å²) >= 11 is 5.90.